The molecule has 0 aliphatic carbocycles. The van der Waals surface area contributed by atoms with Gasteiger partial charge < -0.3 is 13.7 Å². The maximum atomic E-state index is 5.93. The number of benzene rings is 7. The van der Waals surface area contributed by atoms with Gasteiger partial charge in [-0.2, -0.15) is 0 Å². The quantitative estimate of drug-likeness (QED) is 0.160. The third kappa shape index (κ3) is 5.61. The van der Waals surface area contributed by atoms with Crippen LogP contribution in [0.15, 0.2) is 197 Å². The fourth-order valence-electron chi connectivity index (χ4n) is 9.21. The molecule has 9 aromatic rings. The Morgan fingerprint density at radius 2 is 0.842 bits per heavy atom. The highest BCUT2D eigenvalue weighted by Gasteiger charge is 2.43. The van der Waals surface area contributed by atoms with E-state index >= 15 is 0 Å². The molecule has 0 fully saturated rings. The lowest BCUT2D eigenvalue weighted by molar-refractivity contribution is 0.548. The molecule has 0 saturated carbocycles. The largest absolute Gasteiger partial charge is 0.461 e. The summed E-state index contributed by atoms with van der Waals surface area (Å²) in [5.41, 5.74) is 18.5. The molecule has 0 unspecified atom stereocenters. The van der Waals surface area contributed by atoms with Crippen LogP contribution in [0.3, 0.4) is 0 Å². The van der Waals surface area contributed by atoms with Gasteiger partial charge in [-0.05, 0) is 94.4 Å². The van der Waals surface area contributed by atoms with E-state index in [-0.39, 0.29) is 13.4 Å². The summed E-state index contributed by atoms with van der Waals surface area (Å²) in [6, 6.07) is 68.7. The molecule has 2 aliphatic heterocycles. The standard InChI is InChI=1S/C52H37B2NO2/c1-34-18-30-50(56-34)38-24-20-36(21-25-38)40-10-8-13-43(32-40)54-44-14-6-7-17-48(44)55-49-29-28-41(37-22-26-39(27-23-37)51-31-19-35(2)57-51)33-47(49)53(42-11-4-3-5-12-42)45-15-9-16-46(54)52(45)55/h3-33H,1-2H3. The van der Waals surface area contributed by atoms with Crippen LogP contribution in [0.1, 0.15) is 11.5 Å². The minimum absolute atomic E-state index is 0.0615. The number of para-hydroxylation sites is 2. The van der Waals surface area contributed by atoms with Crippen LogP contribution in [0.2, 0.25) is 0 Å². The van der Waals surface area contributed by atoms with E-state index in [0.29, 0.717) is 0 Å². The van der Waals surface area contributed by atoms with Crippen LogP contribution in [0.5, 0.6) is 0 Å². The second-order valence-electron chi connectivity index (χ2n) is 15.3. The van der Waals surface area contributed by atoms with Crippen molar-refractivity contribution in [2.75, 3.05) is 4.90 Å². The van der Waals surface area contributed by atoms with Crippen LogP contribution in [0.4, 0.5) is 17.1 Å². The van der Waals surface area contributed by atoms with Crippen LogP contribution < -0.4 is 37.7 Å². The maximum absolute atomic E-state index is 5.93. The summed E-state index contributed by atoms with van der Waals surface area (Å²) < 4.78 is 11.8. The van der Waals surface area contributed by atoms with E-state index in [0.717, 1.165) is 34.2 Å². The average Bonchev–Trinajstić information content (AvgIpc) is 3.91. The van der Waals surface area contributed by atoms with E-state index in [9.17, 15) is 0 Å². The molecule has 0 bridgehead atoms. The van der Waals surface area contributed by atoms with Crippen LogP contribution in [-0.2, 0) is 0 Å². The Hall–Kier alpha value is -6.97. The van der Waals surface area contributed by atoms with Crippen molar-refractivity contribution in [3.8, 4) is 44.9 Å². The van der Waals surface area contributed by atoms with Gasteiger partial charge in [0.15, 0.2) is 0 Å². The summed E-state index contributed by atoms with van der Waals surface area (Å²) in [6.07, 6.45) is 0. The van der Waals surface area contributed by atoms with Crippen molar-refractivity contribution in [2.45, 2.75) is 13.8 Å². The van der Waals surface area contributed by atoms with Gasteiger partial charge in [-0.25, -0.2) is 0 Å². The van der Waals surface area contributed by atoms with Gasteiger partial charge in [0.2, 0.25) is 13.4 Å². The highest BCUT2D eigenvalue weighted by molar-refractivity contribution is 7.02. The van der Waals surface area contributed by atoms with Crippen molar-refractivity contribution in [2.24, 2.45) is 0 Å². The summed E-state index contributed by atoms with van der Waals surface area (Å²) in [5.74, 6) is 3.62. The summed E-state index contributed by atoms with van der Waals surface area (Å²) in [4.78, 5) is 2.54. The number of hydrogen-bond acceptors (Lipinski definition) is 3. The Balaban J connectivity index is 1.04. The zero-order chi connectivity index (χ0) is 38.0. The minimum atomic E-state index is 0.0615. The highest BCUT2D eigenvalue weighted by atomic mass is 16.3. The molecule has 0 amide bonds. The van der Waals surface area contributed by atoms with Gasteiger partial charge in [-0.1, -0.05) is 163 Å². The van der Waals surface area contributed by atoms with E-state index in [1.165, 1.54) is 72.1 Å². The Kier molecular flexibility index (Phi) is 7.82. The van der Waals surface area contributed by atoms with Crippen molar-refractivity contribution in [1.29, 1.82) is 0 Å². The SMILES string of the molecule is Cc1ccc(-c2ccc(-c3cccc(B4c5ccccc5N5c6ccc(-c7ccc(-c8ccc(C)o8)cc7)cc6B(c6ccccc6)c6cccc4c65)c3)cc2)o1. The molecule has 2 aromatic heterocycles. The predicted octanol–water partition coefficient (Wildman–Crippen LogP) is 9.29. The molecular formula is C52H37B2NO2. The smallest absolute Gasteiger partial charge is 0.246 e. The lowest BCUT2D eigenvalue weighted by Gasteiger charge is -2.44. The molecule has 0 saturated heterocycles. The second-order valence-corrected chi connectivity index (χ2v) is 15.3. The Morgan fingerprint density at radius 1 is 0.351 bits per heavy atom. The number of nitrogens with zero attached hydrogens (tertiary/aromatic N) is 1. The van der Waals surface area contributed by atoms with Crippen molar-refractivity contribution in [3.05, 3.63) is 200 Å². The molecule has 0 radical (unpaired) electrons. The lowest BCUT2D eigenvalue weighted by atomic mass is 9.30. The zero-order valence-corrected chi connectivity index (χ0v) is 31.8. The average molecular weight is 729 g/mol. The summed E-state index contributed by atoms with van der Waals surface area (Å²) >= 11 is 0. The van der Waals surface area contributed by atoms with Crippen LogP contribution >= 0.6 is 0 Å². The number of furan rings is 2. The van der Waals surface area contributed by atoms with Gasteiger partial charge in [0.05, 0.1) is 0 Å². The number of fused-ring (bicyclic) bond motifs is 4. The molecule has 0 spiro atoms. The summed E-state index contributed by atoms with van der Waals surface area (Å²) in [5, 5.41) is 0. The predicted molar refractivity (Wildman–Crippen MR) is 239 cm³/mol. The third-order valence-corrected chi connectivity index (χ3v) is 11.9. The molecule has 5 heteroatoms. The molecule has 11 rings (SSSR count). The maximum Gasteiger partial charge on any atom is 0.246 e. The summed E-state index contributed by atoms with van der Waals surface area (Å²) in [7, 11) is 0. The van der Waals surface area contributed by atoms with E-state index in [2.05, 4.69) is 169 Å². The lowest BCUT2D eigenvalue weighted by Crippen LogP contribution is -2.64. The molecular weight excluding hydrogens is 692 g/mol. The van der Waals surface area contributed by atoms with Crippen molar-refractivity contribution >= 4 is 63.3 Å². The molecule has 0 N–H and O–H groups in total. The topological polar surface area (TPSA) is 29.5 Å². The summed E-state index contributed by atoms with van der Waals surface area (Å²) in [6.45, 7) is 4.09. The number of anilines is 3. The molecule has 2 aliphatic rings. The first kappa shape index (κ1) is 33.4. The number of aryl methyl sites for hydroxylation is 2. The van der Waals surface area contributed by atoms with Gasteiger partial charge in [0.1, 0.15) is 23.0 Å². The van der Waals surface area contributed by atoms with Gasteiger partial charge in [-0.3, -0.25) is 0 Å². The molecule has 0 atom stereocenters. The van der Waals surface area contributed by atoms with Gasteiger partial charge in [0, 0.05) is 28.2 Å². The fraction of sp³-hybridized carbons (Fsp3) is 0.0385. The van der Waals surface area contributed by atoms with Crippen LogP contribution in [0, 0.1) is 13.8 Å². The van der Waals surface area contributed by atoms with Crippen molar-refractivity contribution in [1.82, 2.24) is 0 Å². The van der Waals surface area contributed by atoms with E-state index in [4.69, 9.17) is 8.83 Å². The van der Waals surface area contributed by atoms with Gasteiger partial charge in [0.25, 0.3) is 0 Å². The number of hydrogen-bond donors (Lipinski definition) is 0. The molecule has 57 heavy (non-hydrogen) atoms. The van der Waals surface area contributed by atoms with Gasteiger partial charge in [-0.15, -0.1) is 0 Å². The fourth-order valence-corrected chi connectivity index (χ4v) is 9.21. The molecule has 4 heterocycles. The molecule has 268 valence electrons. The Morgan fingerprint density at radius 3 is 1.47 bits per heavy atom. The zero-order valence-electron chi connectivity index (χ0n) is 31.8. The van der Waals surface area contributed by atoms with Crippen LogP contribution in [-0.4, -0.2) is 13.4 Å². The first-order valence-corrected chi connectivity index (χ1v) is 19.7. The van der Waals surface area contributed by atoms with Gasteiger partial charge >= 0.3 is 0 Å². The Labute approximate surface area is 334 Å². The van der Waals surface area contributed by atoms with Crippen molar-refractivity contribution < 1.29 is 8.83 Å². The second kappa shape index (κ2) is 13.4. The molecule has 3 nitrogen and oxygen atoms in total. The van der Waals surface area contributed by atoms with Crippen LogP contribution in [0.25, 0.3) is 44.9 Å². The highest BCUT2D eigenvalue weighted by Crippen LogP contribution is 2.39. The monoisotopic (exact) mass is 729 g/mol. The van der Waals surface area contributed by atoms with Crippen molar-refractivity contribution in [3.63, 3.8) is 0 Å². The normalized spacial score (nSPS) is 12.6. The van der Waals surface area contributed by atoms with E-state index in [1.54, 1.807) is 0 Å². The van der Waals surface area contributed by atoms with E-state index < -0.39 is 0 Å². The first-order chi connectivity index (χ1) is 28.1. The molecule has 7 aromatic carbocycles. The van der Waals surface area contributed by atoms with E-state index in [1.807, 2.05) is 38.1 Å². The minimum Gasteiger partial charge on any atom is -0.461 e. The third-order valence-electron chi connectivity index (χ3n) is 11.9. The number of rotatable bonds is 6. The Bertz CT molecular complexity index is 2920. The first-order valence-electron chi connectivity index (χ1n) is 19.7.